The number of nitrogens with one attached hydrogen (secondary N) is 1. The van der Waals surface area contributed by atoms with Crippen molar-refractivity contribution in [1.82, 2.24) is 5.32 Å². The van der Waals surface area contributed by atoms with Crippen LogP contribution >= 0.6 is 0 Å². The minimum Gasteiger partial charge on any atom is -0.392 e. The minimum atomic E-state index is -0.691. The van der Waals surface area contributed by atoms with Crippen LogP contribution in [0, 0.1) is 5.82 Å². The molecular weight excluding hydrogens is 223 g/mol. The van der Waals surface area contributed by atoms with Crippen molar-refractivity contribution in [2.45, 2.75) is 25.5 Å². The molecule has 0 saturated heterocycles. The molecule has 94 valence electrons. The first-order valence-corrected chi connectivity index (χ1v) is 5.44. The fourth-order valence-corrected chi connectivity index (χ4v) is 1.28. The van der Waals surface area contributed by atoms with E-state index in [0.29, 0.717) is 5.56 Å². The van der Waals surface area contributed by atoms with Crippen molar-refractivity contribution in [3.8, 4) is 0 Å². The van der Waals surface area contributed by atoms with Gasteiger partial charge in [0.15, 0.2) is 0 Å². The molecule has 0 aliphatic heterocycles. The molecule has 1 rings (SSSR count). The highest BCUT2D eigenvalue weighted by Gasteiger charge is 2.12. The maximum atomic E-state index is 13.2. The molecule has 2 unspecified atom stereocenters. The Morgan fingerprint density at radius 1 is 1.53 bits per heavy atom. The van der Waals surface area contributed by atoms with Crippen molar-refractivity contribution in [2.75, 3.05) is 6.54 Å². The summed E-state index contributed by atoms with van der Waals surface area (Å²) in [6.07, 6.45) is -0.720. The second kappa shape index (κ2) is 6.32. The number of nitrogens with two attached hydrogens (primary N) is 1. The first kappa shape index (κ1) is 13.6. The molecule has 4 N–H and O–H groups in total. The van der Waals surface area contributed by atoms with E-state index in [-0.39, 0.29) is 18.9 Å². The van der Waals surface area contributed by atoms with Gasteiger partial charge in [0, 0.05) is 12.6 Å². The fraction of sp³-hybridized carbons (Fsp3) is 0.417. The lowest BCUT2D eigenvalue weighted by molar-refractivity contribution is -0.120. The summed E-state index contributed by atoms with van der Waals surface area (Å²) in [5.74, 6) is -0.714. The molecule has 1 aromatic carbocycles. The zero-order valence-corrected chi connectivity index (χ0v) is 9.69. The van der Waals surface area contributed by atoms with E-state index in [9.17, 15) is 9.18 Å². The zero-order chi connectivity index (χ0) is 12.8. The Hall–Kier alpha value is -1.46. The number of amides is 1. The third kappa shape index (κ3) is 4.50. The molecule has 2 atom stereocenters. The molecule has 0 radical (unpaired) electrons. The summed E-state index contributed by atoms with van der Waals surface area (Å²) < 4.78 is 13.2. The number of carbonyl (C=O) groups excluding carboxylic acids is 1. The summed E-state index contributed by atoms with van der Waals surface area (Å²) in [5, 5.41) is 11.7. The van der Waals surface area contributed by atoms with E-state index in [4.69, 9.17) is 10.8 Å². The predicted molar refractivity (Wildman–Crippen MR) is 62.8 cm³/mol. The lowest BCUT2D eigenvalue weighted by Gasteiger charge is -2.15. The van der Waals surface area contributed by atoms with Crippen LogP contribution in [-0.4, -0.2) is 29.7 Å². The number of benzene rings is 1. The topological polar surface area (TPSA) is 75.3 Å². The van der Waals surface area contributed by atoms with Crippen LogP contribution in [0.15, 0.2) is 24.3 Å². The minimum absolute atomic E-state index is 0.0286. The second-order valence-electron chi connectivity index (χ2n) is 3.98. The normalized spacial score (nSPS) is 14.1. The first-order valence-electron chi connectivity index (χ1n) is 5.44. The molecule has 0 aromatic heterocycles. The molecule has 5 heteroatoms. The van der Waals surface area contributed by atoms with Crippen LogP contribution in [0.25, 0.3) is 0 Å². The van der Waals surface area contributed by atoms with Gasteiger partial charge in [0.1, 0.15) is 5.82 Å². The summed E-state index contributed by atoms with van der Waals surface area (Å²) in [5.41, 5.74) is 5.89. The third-order valence-electron chi connectivity index (χ3n) is 2.46. The van der Waals surface area contributed by atoms with Gasteiger partial charge in [-0.05, 0) is 18.6 Å². The molecule has 0 bridgehead atoms. The van der Waals surface area contributed by atoms with Gasteiger partial charge in [-0.25, -0.2) is 4.39 Å². The molecule has 0 saturated carbocycles. The van der Waals surface area contributed by atoms with Gasteiger partial charge >= 0.3 is 0 Å². The highest BCUT2D eigenvalue weighted by atomic mass is 19.1. The molecule has 0 heterocycles. The number of hydrogen-bond donors (Lipinski definition) is 3. The van der Waals surface area contributed by atoms with Crippen LogP contribution in [0.1, 0.15) is 12.5 Å². The van der Waals surface area contributed by atoms with Gasteiger partial charge in [0.25, 0.3) is 0 Å². The van der Waals surface area contributed by atoms with Crippen molar-refractivity contribution in [3.05, 3.63) is 35.6 Å². The van der Waals surface area contributed by atoms with Gasteiger partial charge < -0.3 is 16.2 Å². The van der Waals surface area contributed by atoms with E-state index >= 15 is 0 Å². The molecule has 0 spiro atoms. The van der Waals surface area contributed by atoms with Gasteiger partial charge in [-0.15, -0.1) is 0 Å². The van der Waals surface area contributed by atoms with Gasteiger partial charge in [-0.1, -0.05) is 18.2 Å². The Morgan fingerprint density at radius 3 is 2.76 bits per heavy atom. The first-order chi connectivity index (χ1) is 8.00. The molecular formula is C12H17FN2O2. The Labute approximate surface area is 99.6 Å². The van der Waals surface area contributed by atoms with Crippen LogP contribution in [0.2, 0.25) is 0 Å². The number of aliphatic hydroxyl groups is 1. The van der Waals surface area contributed by atoms with Crippen LogP contribution in [0.3, 0.4) is 0 Å². The molecule has 0 aliphatic carbocycles. The summed E-state index contributed by atoms with van der Waals surface area (Å²) in [6.45, 7) is 1.72. The van der Waals surface area contributed by atoms with E-state index in [1.807, 2.05) is 0 Å². The van der Waals surface area contributed by atoms with Crippen molar-refractivity contribution in [2.24, 2.45) is 5.73 Å². The van der Waals surface area contributed by atoms with Crippen LogP contribution in [0.5, 0.6) is 0 Å². The Kier molecular flexibility index (Phi) is 5.06. The molecule has 1 amide bonds. The summed E-state index contributed by atoms with van der Waals surface area (Å²) in [6, 6.07) is 5.60. The number of rotatable bonds is 5. The van der Waals surface area contributed by atoms with E-state index in [2.05, 4.69) is 5.32 Å². The van der Waals surface area contributed by atoms with Crippen molar-refractivity contribution < 1.29 is 14.3 Å². The molecule has 4 nitrogen and oxygen atoms in total. The number of aliphatic hydroxyl groups excluding tert-OH is 1. The number of carbonyl (C=O) groups is 1. The van der Waals surface area contributed by atoms with Gasteiger partial charge in [-0.3, -0.25) is 4.79 Å². The average molecular weight is 240 g/mol. The summed E-state index contributed by atoms with van der Waals surface area (Å²) in [4.78, 5) is 11.5. The van der Waals surface area contributed by atoms with Gasteiger partial charge in [-0.2, -0.15) is 0 Å². The smallest absolute Gasteiger partial charge is 0.224 e. The maximum absolute atomic E-state index is 13.2. The monoisotopic (exact) mass is 240 g/mol. The Bertz CT molecular complexity index is 383. The largest absolute Gasteiger partial charge is 0.392 e. The molecule has 0 aliphatic rings. The van der Waals surface area contributed by atoms with Gasteiger partial charge in [0.05, 0.1) is 12.5 Å². The standard InChI is InChI=1S/C12H17FN2O2/c1-8(16)11(14)7-15-12(17)6-9-4-2-3-5-10(9)13/h2-5,8,11,16H,6-7,14H2,1H3,(H,15,17). The molecule has 0 fully saturated rings. The highest BCUT2D eigenvalue weighted by Crippen LogP contribution is 2.06. The van der Waals surface area contributed by atoms with Crippen LogP contribution in [-0.2, 0) is 11.2 Å². The van der Waals surface area contributed by atoms with Crippen LogP contribution in [0.4, 0.5) is 4.39 Å². The summed E-state index contributed by atoms with van der Waals surface area (Å²) >= 11 is 0. The van der Waals surface area contributed by atoms with Crippen LogP contribution < -0.4 is 11.1 Å². The average Bonchev–Trinajstić information content (AvgIpc) is 2.29. The van der Waals surface area contributed by atoms with Crippen molar-refractivity contribution >= 4 is 5.91 Å². The van der Waals surface area contributed by atoms with Crippen molar-refractivity contribution in [1.29, 1.82) is 0 Å². The SMILES string of the molecule is CC(O)C(N)CNC(=O)Cc1ccccc1F. The van der Waals surface area contributed by atoms with E-state index in [0.717, 1.165) is 0 Å². The maximum Gasteiger partial charge on any atom is 0.224 e. The van der Waals surface area contributed by atoms with E-state index < -0.39 is 18.0 Å². The zero-order valence-electron chi connectivity index (χ0n) is 9.69. The second-order valence-corrected chi connectivity index (χ2v) is 3.98. The highest BCUT2D eigenvalue weighted by molar-refractivity contribution is 5.78. The molecule has 17 heavy (non-hydrogen) atoms. The molecule has 1 aromatic rings. The van der Waals surface area contributed by atoms with E-state index in [1.165, 1.54) is 6.07 Å². The summed E-state index contributed by atoms with van der Waals surface area (Å²) in [7, 11) is 0. The van der Waals surface area contributed by atoms with Crippen molar-refractivity contribution in [3.63, 3.8) is 0 Å². The fourth-order valence-electron chi connectivity index (χ4n) is 1.28. The number of halogens is 1. The number of hydrogen-bond acceptors (Lipinski definition) is 3. The lowest BCUT2D eigenvalue weighted by Crippen LogP contribution is -2.44. The van der Waals surface area contributed by atoms with E-state index in [1.54, 1.807) is 25.1 Å². The quantitative estimate of drug-likeness (QED) is 0.688. The predicted octanol–water partition coefficient (Wildman–Crippen LogP) is 0.193. The lowest BCUT2D eigenvalue weighted by atomic mass is 10.1. The Morgan fingerprint density at radius 2 is 2.18 bits per heavy atom. The Balaban J connectivity index is 2.43. The third-order valence-corrected chi connectivity index (χ3v) is 2.46. The van der Waals surface area contributed by atoms with Gasteiger partial charge in [0.2, 0.25) is 5.91 Å².